The molecule has 0 heterocycles. The summed E-state index contributed by atoms with van der Waals surface area (Å²) in [4.78, 5) is 0. The summed E-state index contributed by atoms with van der Waals surface area (Å²) in [5, 5.41) is 0. The van der Waals surface area contributed by atoms with Crippen molar-refractivity contribution in [2.45, 2.75) is 124 Å². The maximum absolute atomic E-state index is 6.80. The molecule has 0 amide bonds. The fraction of sp³-hybridized carbons (Fsp3) is 1.00. The molecule has 0 bridgehead atoms. The van der Waals surface area contributed by atoms with Gasteiger partial charge in [-0.15, -0.1) is 0 Å². The summed E-state index contributed by atoms with van der Waals surface area (Å²) >= 11 is 0. The average molecular weight is 433 g/mol. The third kappa shape index (κ3) is 4.05. The van der Waals surface area contributed by atoms with Crippen molar-refractivity contribution in [3.05, 3.63) is 0 Å². The molecule has 31 heavy (non-hydrogen) atoms. The van der Waals surface area contributed by atoms with E-state index in [1.807, 2.05) is 0 Å². The molecule has 0 saturated heterocycles. The van der Waals surface area contributed by atoms with Crippen LogP contribution < -0.4 is 0 Å². The Bertz CT molecular complexity index is 589. The van der Waals surface area contributed by atoms with E-state index in [0.29, 0.717) is 23.0 Å². The summed E-state index contributed by atoms with van der Waals surface area (Å²) in [7, 11) is 0. The minimum atomic E-state index is 0.399. The molecule has 0 radical (unpaired) electrons. The van der Waals surface area contributed by atoms with E-state index in [-0.39, 0.29) is 0 Å². The highest BCUT2D eigenvalue weighted by atomic mass is 16.5. The summed E-state index contributed by atoms with van der Waals surface area (Å²) in [6.07, 6.45) is 15.8. The Morgan fingerprint density at radius 3 is 2.29 bits per heavy atom. The second-order valence-electron chi connectivity index (χ2n) is 12.5. The lowest BCUT2D eigenvalue weighted by Gasteiger charge is -2.63. The van der Waals surface area contributed by atoms with Crippen molar-refractivity contribution in [3.8, 4) is 0 Å². The Kier molecular flexibility index (Phi) is 7.49. The maximum Gasteiger partial charge on any atom is 0.0637 e. The van der Waals surface area contributed by atoms with Crippen molar-refractivity contribution in [1.29, 1.82) is 0 Å². The van der Waals surface area contributed by atoms with Gasteiger partial charge in [0.1, 0.15) is 0 Å². The fourth-order valence-electron chi connectivity index (χ4n) is 9.34. The molecule has 4 saturated carbocycles. The van der Waals surface area contributed by atoms with Crippen LogP contribution in [0.1, 0.15) is 112 Å². The summed E-state index contributed by atoms with van der Waals surface area (Å²) in [6.45, 7) is 16.7. The van der Waals surface area contributed by atoms with Crippen molar-refractivity contribution in [1.82, 2.24) is 0 Å². The van der Waals surface area contributed by atoms with E-state index in [0.717, 1.165) is 61.6 Å². The molecular weight excluding hydrogens is 380 g/mol. The highest BCUT2D eigenvalue weighted by Crippen LogP contribution is 2.69. The number of ether oxygens (including phenoxy) is 2. The molecule has 4 fully saturated rings. The van der Waals surface area contributed by atoms with Crippen molar-refractivity contribution in [2.24, 2.45) is 46.3 Å². The van der Waals surface area contributed by atoms with Crippen LogP contribution in [-0.4, -0.2) is 25.4 Å². The predicted octanol–water partition coefficient (Wildman–Crippen LogP) is 7.89. The summed E-state index contributed by atoms with van der Waals surface area (Å²) in [6, 6.07) is 0. The van der Waals surface area contributed by atoms with Crippen LogP contribution in [0.4, 0.5) is 0 Å². The molecule has 3 unspecified atom stereocenters. The zero-order valence-corrected chi connectivity index (χ0v) is 21.6. The molecule has 0 aromatic carbocycles. The second-order valence-corrected chi connectivity index (χ2v) is 12.5. The zero-order valence-electron chi connectivity index (χ0n) is 21.6. The number of hydrogen-bond acceptors (Lipinski definition) is 2. The minimum Gasteiger partial charge on any atom is -0.378 e. The van der Waals surface area contributed by atoms with Gasteiger partial charge in [0.25, 0.3) is 0 Å². The van der Waals surface area contributed by atoms with E-state index < -0.39 is 0 Å². The van der Waals surface area contributed by atoms with Gasteiger partial charge in [0.15, 0.2) is 0 Å². The summed E-state index contributed by atoms with van der Waals surface area (Å²) < 4.78 is 13.0. The largest absolute Gasteiger partial charge is 0.378 e. The molecule has 0 aromatic heterocycles. The molecule has 0 aromatic rings. The van der Waals surface area contributed by atoms with Gasteiger partial charge in [-0.25, -0.2) is 0 Å². The van der Waals surface area contributed by atoms with E-state index in [2.05, 4.69) is 41.5 Å². The van der Waals surface area contributed by atoms with Crippen molar-refractivity contribution in [2.75, 3.05) is 13.2 Å². The monoisotopic (exact) mass is 432 g/mol. The third-order valence-corrected chi connectivity index (χ3v) is 11.2. The van der Waals surface area contributed by atoms with Crippen LogP contribution in [0.2, 0.25) is 0 Å². The van der Waals surface area contributed by atoms with Gasteiger partial charge in [-0.3, -0.25) is 0 Å². The fourth-order valence-corrected chi connectivity index (χ4v) is 9.34. The molecule has 2 heteroatoms. The van der Waals surface area contributed by atoms with E-state index >= 15 is 0 Å². The van der Waals surface area contributed by atoms with Crippen molar-refractivity contribution < 1.29 is 9.47 Å². The van der Waals surface area contributed by atoms with Crippen LogP contribution in [0.3, 0.4) is 0 Å². The first kappa shape index (κ1) is 24.1. The van der Waals surface area contributed by atoms with Crippen LogP contribution in [0.25, 0.3) is 0 Å². The van der Waals surface area contributed by atoms with Crippen molar-refractivity contribution >= 4 is 0 Å². The van der Waals surface area contributed by atoms with E-state index in [1.54, 1.807) is 0 Å². The van der Waals surface area contributed by atoms with E-state index in [9.17, 15) is 0 Å². The Morgan fingerprint density at radius 2 is 1.58 bits per heavy atom. The SMILES string of the molecule is CCCOC1CC[C@@]2(C)C(CC[C@H]3[C@@H]4CC[C@H]([C@H](C)CC)[C@@]4(C)C(OCCC)C[C@@H]32)C1. The maximum atomic E-state index is 6.80. The molecule has 2 nitrogen and oxygen atoms in total. The molecule has 4 aliphatic carbocycles. The molecule has 10 atom stereocenters. The highest BCUT2D eigenvalue weighted by molar-refractivity contribution is 5.13. The Morgan fingerprint density at radius 1 is 0.839 bits per heavy atom. The molecule has 0 aliphatic heterocycles. The minimum absolute atomic E-state index is 0.399. The van der Waals surface area contributed by atoms with Gasteiger partial charge < -0.3 is 9.47 Å². The number of fused-ring (bicyclic) bond motifs is 5. The normalized spacial score (nSPS) is 48.0. The molecule has 0 N–H and O–H groups in total. The summed E-state index contributed by atoms with van der Waals surface area (Å²) in [5.41, 5.74) is 0.912. The number of hydrogen-bond donors (Lipinski definition) is 0. The van der Waals surface area contributed by atoms with Crippen LogP contribution in [0, 0.1) is 46.3 Å². The first-order valence-corrected chi connectivity index (χ1v) is 14.1. The van der Waals surface area contributed by atoms with Crippen molar-refractivity contribution in [3.63, 3.8) is 0 Å². The second kappa shape index (κ2) is 9.65. The van der Waals surface area contributed by atoms with Gasteiger partial charge in [0, 0.05) is 13.2 Å². The zero-order chi connectivity index (χ0) is 22.2. The Balaban J connectivity index is 1.58. The molecule has 180 valence electrons. The van der Waals surface area contributed by atoms with Crippen LogP contribution in [0.15, 0.2) is 0 Å². The first-order valence-electron chi connectivity index (χ1n) is 14.1. The Hall–Kier alpha value is -0.0800. The van der Waals surface area contributed by atoms with Crippen LogP contribution >= 0.6 is 0 Å². The van der Waals surface area contributed by atoms with Gasteiger partial charge in [0.2, 0.25) is 0 Å². The topological polar surface area (TPSA) is 18.5 Å². The van der Waals surface area contributed by atoms with E-state index in [1.165, 1.54) is 57.8 Å². The lowest BCUT2D eigenvalue weighted by molar-refractivity contribution is -0.192. The average Bonchev–Trinajstić information content (AvgIpc) is 3.13. The Labute approximate surface area is 193 Å². The number of rotatable bonds is 8. The quantitative estimate of drug-likeness (QED) is 0.388. The van der Waals surface area contributed by atoms with E-state index in [4.69, 9.17) is 9.47 Å². The first-order chi connectivity index (χ1) is 14.9. The van der Waals surface area contributed by atoms with Gasteiger partial charge >= 0.3 is 0 Å². The predicted molar refractivity (Wildman–Crippen MR) is 130 cm³/mol. The van der Waals surface area contributed by atoms with Gasteiger partial charge in [-0.1, -0.05) is 48.0 Å². The molecular formula is C29H52O2. The van der Waals surface area contributed by atoms with Crippen LogP contribution in [-0.2, 0) is 9.47 Å². The third-order valence-electron chi connectivity index (χ3n) is 11.2. The smallest absolute Gasteiger partial charge is 0.0637 e. The lowest BCUT2D eigenvalue weighted by atomic mass is 9.43. The standard InChI is InChI=1S/C29H52O2/c1-7-16-30-22-14-15-28(5)21(18-22)10-11-23-25-13-12-24(20(4)9-3)29(25,6)27(19-26(23)28)31-17-8-2/h20-27H,7-19H2,1-6H3/t20-,21?,22?,23+,24-,25+,26+,27?,28+,29-/m1/s1. The lowest BCUT2D eigenvalue weighted by Crippen LogP contribution is -2.59. The molecule has 4 rings (SSSR count). The molecule has 0 spiro atoms. The van der Waals surface area contributed by atoms with Gasteiger partial charge in [-0.05, 0) is 111 Å². The highest BCUT2D eigenvalue weighted by Gasteiger charge is 2.64. The summed E-state index contributed by atoms with van der Waals surface area (Å²) in [5.74, 6) is 5.25. The van der Waals surface area contributed by atoms with Crippen LogP contribution in [0.5, 0.6) is 0 Å². The van der Waals surface area contributed by atoms with Gasteiger partial charge in [0.05, 0.1) is 12.2 Å². The molecule has 4 aliphatic rings. The van der Waals surface area contributed by atoms with Gasteiger partial charge in [-0.2, -0.15) is 0 Å².